The summed E-state index contributed by atoms with van der Waals surface area (Å²) in [5.41, 5.74) is 5.29. The van der Waals surface area contributed by atoms with Gasteiger partial charge in [0.25, 0.3) is 0 Å². The molecule has 1 aliphatic heterocycles. The number of hydrogen-bond acceptors (Lipinski definition) is 2. The zero-order chi connectivity index (χ0) is 20.2. The van der Waals surface area contributed by atoms with Gasteiger partial charge in [0.05, 0.1) is 17.9 Å². The van der Waals surface area contributed by atoms with Crippen LogP contribution < -0.4 is 10.2 Å². The molecule has 4 rings (SSSR count). The van der Waals surface area contributed by atoms with Crippen molar-refractivity contribution in [3.05, 3.63) is 83.7 Å². The summed E-state index contributed by atoms with van der Waals surface area (Å²) < 4.78 is 2.11. The first-order valence-corrected chi connectivity index (χ1v) is 10.1. The molecule has 2 heterocycles. The van der Waals surface area contributed by atoms with Crippen molar-refractivity contribution in [1.29, 1.82) is 0 Å². The molecule has 1 N–H and O–H groups in total. The van der Waals surface area contributed by atoms with Gasteiger partial charge in [-0.1, -0.05) is 43.3 Å². The number of carbonyl (C=O) groups excluding carboxylic acids is 2. The molecule has 1 aliphatic rings. The third-order valence-corrected chi connectivity index (χ3v) is 5.37. The highest BCUT2D eigenvalue weighted by Gasteiger charge is 2.25. The highest BCUT2D eigenvalue weighted by atomic mass is 16.2. The number of aromatic nitrogens is 1. The van der Waals surface area contributed by atoms with E-state index < -0.39 is 0 Å². The molecule has 29 heavy (non-hydrogen) atoms. The monoisotopic (exact) mass is 387 g/mol. The van der Waals surface area contributed by atoms with E-state index in [-0.39, 0.29) is 24.7 Å². The van der Waals surface area contributed by atoms with Crippen LogP contribution in [-0.4, -0.2) is 16.4 Å². The Balaban J connectivity index is 1.34. The Morgan fingerprint density at radius 3 is 2.38 bits per heavy atom. The first-order valence-electron chi connectivity index (χ1n) is 10.1. The van der Waals surface area contributed by atoms with Crippen molar-refractivity contribution in [1.82, 2.24) is 9.88 Å². The molecule has 1 aromatic heterocycles. The van der Waals surface area contributed by atoms with Crippen LogP contribution in [0.2, 0.25) is 0 Å². The molecule has 0 saturated heterocycles. The second-order valence-electron chi connectivity index (χ2n) is 7.28. The van der Waals surface area contributed by atoms with Crippen LogP contribution in [0.1, 0.15) is 36.6 Å². The lowest BCUT2D eigenvalue weighted by Gasteiger charge is -2.31. The molecular weight excluding hydrogens is 362 g/mol. The van der Waals surface area contributed by atoms with Crippen molar-refractivity contribution in [2.45, 2.75) is 39.3 Å². The number of amides is 2. The van der Waals surface area contributed by atoms with Crippen LogP contribution in [0.4, 0.5) is 5.69 Å². The highest BCUT2D eigenvalue weighted by Crippen LogP contribution is 2.32. The lowest BCUT2D eigenvalue weighted by Crippen LogP contribution is -2.35. The predicted octanol–water partition coefficient (Wildman–Crippen LogP) is 3.98. The van der Waals surface area contributed by atoms with Gasteiger partial charge in [0.15, 0.2) is 0 Å². The number of fused-ring (bicyclic) bond motifs is 3. The van der Waals surface area contributed by atoms with E-state index in [0.717, 1.165) is 29.1 Å². The Morgan fingerprint density at radius 1 is 0.897 bits per heavy atom. The number of nitrogens with one attached hydrogen (secondary N) is 1. The van der Waals surface area contributed by atoms with Gasteiger partial charge in [0.2, 0.25) is 11.8 Å². The Bertz CT molecular complexity index is 1020. The number of aryl methyl sites for hydroxylation is 1. The predicted molar refractivity (Wildman–Crippen MR) is 114 cm³/mol. The van der Waals surface area contributed by atoms with E-state index in [1.54, 1.807) is 4.90 Å². The minimum Gasteiger partial charge on any atom is -0.352 e. The van der Waals surface area contributed by atoms with E-state index >= 15 is 0 Å². The molecule has 0 atom stereocenters. The fraction of sp³-hybridized carbons (Fsp3) is 0.250. The molecule has 5 heteroatoms. The quantitative estimate of drug-likeness (QED) is 0.695. The number of nitrogens with zero attached hydrogens (tertiary/aromatic N) is 2. The van der Waals surface area contributed by atoms with Gasteiger partial charge in [-0.15, -0.1) is 0 Å². The highest BCUT2D eigenvalue weighted by molar-refractivity contribution is 5.97. The van der Waals surface area contributed by atoms with Gasteiger partial charge >= 0.3 is 0 Å². The number of benzene rings is 2. The summed E-state index contributed by atoms with van der Waals surface area (Å²) in [6, 6.07) is 20.1. The second-order valence-corrected chi connectivity index (χ2v) is 7.28. The fourth-order valence-corrected chi connectivity index (χ4v) is 3.68. The Morgan fingerprint density at radius 2 is 1.62 bits per heavy atom. The van der Waals surface area contributed by atoms with E-state index in [0.29, 0.717) is 13.1 Å². The van der Waals surface area contributed by atoms with E-state index in [2.05, 4.69) is 28.9 Å². The lowest BCUT2D eigenvalue weighted by atomic mass is 10.1. The molecule has 148 valence electrons. The maximum Gasteiger partial charge on any atom is 0.227 e. The Kier molecular flexibility index (Phi) is 5.47. The lowest BCUT2D eigenvalue weighted by molar-refractivity contribution is -0.125. The maximum absolute atomic E-state index is 12.9. The minimum absolute atomic E-state index is 0.0349. The van der Waals surface area contributed by atoms with Crippen LogP contribution >= 0.6 is 0 Å². The van der Waals surface area contributed by atoms with Crippen molar-refractivity contribution < 1.29 is 9.59 Å². The van der Waals surface area contributed by atoms with Gasteiger partial charge in [-0.2, -0.15) is 0 Å². The largest absolute Gasteiger partial charge is 0.352 e. The van der Waals surface area contributed by atoms with Gasteiger partial charge in [-0.05, 0) is 41.8 Å². The minimum atomic E-state index is -0.105. The SMILES string of the molecule is CCc1ccc(CNC(=O)CCC(=O)N2Cc3cccn3-c3ccccc32)cc1. The smallest absolute Gasteiger partial charge is 0.227 e. The summed E-state index contributed by atoms with van der Waals surface area (Å²) in [6.45, 7) is 3.12. The zero-order valence-electron chi connectivity index (χ0n) is 16.6. The molecule has 0 spiro atoms. The molecular formula is C24H25N3O2. The van der Waals surface area contributed by atoms with E-state index in [9.17, 15) is 9.59 Å². The second kappa shape index (κ2) is 8.35. The zero-order valence-corrected chi connectivity index (χ0v) is 16.6. The number of para-hydroxylation sites is 2. The molecule has 0 fully saturated rings. The summed E-state index contributed by atoms with van der Waals surface area (Å²) in [5, 5.41) is 2.91. The molecule has 2 amide bonds. The molecule has 0 saturated carbocycles. The first-order chi connectivity index (χ1) is 14.2. The average Bonchev–Trinajstić information content (AvgIpc) is 3.25. The van der Waals surface area contributed by atoms with Crippen LogP contribution in [0.15, 0.2) is 66.9 Å². The van der Waals surface area contributed by atoms with Crippen LogP contribution in [0.25, 0.3) is 5.69 Å². The standard InChI is InChI=1S/C24H25N3O2/c1-2-18-9-11-19(12-10-18)16-25-23(28)13-14-24(29)27-17-20-6-5-15-26(20)21-7-3-4-8-22(21)27/h3-12,15H,2,13-14,16-17H2,1H3,(H,25,28). The van der Waals surface area contributed by atoms with Crippen LogP contribution in [0.5, 0.6) is 0 Å². The summed E-state index contributed by atoms with van der Waals surface area (Å²) in [5.74, 6) is -0.140. The Labute approximate surface area is 171 Å². The van der Waals surface area contributed by atoms with E-state index in [4.69, 9.17) is 0 Å². The van der Waals surface area contributed by atoms with Crippen LogP contribution in [0.3, 0.4) is 0 Å². The van der Waals surface area contributed by atoms with Gasteiger partial charge in [-0.3, -0.25) is 9.59 Å². The average molecular weight is 387 g/mol. The summed E-state index contributed by atoms with van der Waals surface area (Å²) >= 11 is 0. The molecule has 3 aromatic rings. The first kappa shape index (κ1) is 19.0. The summed E-state index contributed by atoms with van der Waals surface area (Å²) in [6.07, 6.45) is 3.39. The van der Waals surface area contributed by atoms with Crippen molar-refractivity contribution in [2.24, 2.45) is 0 Å². The number of anilines is 1. The third-order valence-electron chi connectivity index (χ3n) is 5.37. The van der Waals surface area contributed by atoms with Crippen molar-refractivity contribution in [3.63, 3.8) is 0 Å². The van der Waals surface area contributed by atoms with Gasteiger partial charge in [0.1, 0.15) is 0 Å². The Hall–Kier alpha value is -3.34. The molecule has 0 aliphatic carbocycles. The van der Waals surface area contributed by atoms with Gasteiger partial charge in [0, 0.05) is 31.3 Å². The molecule has 0 radical (unpaired) electrons. The van der Waals surface area contributed by atoms with Crippen LogP contribution in [0, 0.1) is 0 Å². The topological polar surface area (TPSA) is 54.3 Å². The maximum atomic E-state index is 12.9. The van der Waals surface area contributed by atoms with E-state index in [1.165, 1.54) is 5.56 Å². The number of rotatable bonds is 6. The summed E-state index contributed by atoms with van der Waals surface area (Å²) in [4.78, 5) is 26.9. The molecule has 0 bridgehead atoms. The van der Waals surface area contributed by atoms with Gasteiger partial charge < -0.3 is 14.8 Å². The summed E-state index contributed by atoms with van der Waals surface area (Å²) in [7, 11) is 0. The number of hydrogen-bond donors (Lipinski definition) is 1. The van der Waals surface area contributed by atoms with E-state index in [1.807, 2.05) is 54.7 Å². The van der Waals surface area contributed by atoms with Crippen molar-refractivity contribution >= 4 is 17.5 Å². The van der Waals surface area contributed by atoms with Crippen molar-refractivity contribution in [2.75, 3.05) is 4.90 Å². The molecule has 5 nitrogen and oxygen atoms in total. The van der Waals surface area contributed by atoms with Crippen molar-refractivity contribution in [3.8, 4) is 5.69 Å². The third kappa shape index (κ3) is 4.09. The van der Waals surface area contributed by atoms with Crippen LogP contribution in [-0.2, 0) is 29.1 Å². The number of carbonyl (C=O) groups is 2. The fourth-order valence-electron chi connectivity index (χ4n) is 3.68. The molecule has 0 unspecified atom stereocenters. The normalized spacial score (nSPS) is 12.2. The van der Waals surface area contributed by atoms with Gasteiger partial charge in [-0.25, -0.2) is 0 Å². The molecule has 2 aromatic carbocycles.